The zero-order valence-corrected chi connectivity index (χ0v) is 16.7. The van der Waals surface area contributed by atoms with E-state index < -0.39 is 24.6 Å². The van der Waals surface area contributed by atoms with Crippen molar-refractivity contribution in [3.05, 3.63) is 35.4 Å². The van der Waals surface area contributed by atoms with Gasteiger partial charge < -0.3 is 34.6 Å². The van der Waals surface area contributed by atoms with Crippen LogP contribution in [0.25, 0.3) is 0 Å². The summed E-state index contributed by atoms with van der Waals surface area (Å²) in [6, 6.07) is 8.65. The fourth-order valence-electron chi connectivity index (χ4n) is 3.71. The molecule has 0 spiro atoms. The van der Waals surface area contributed by atoms with E-state index in [0.717, 1.165) is 45.6 Å². The molecule has 2 aliphatic rings. The molecule has 2 saturated heterocycles. The molecule has 0 amide bonds. The lowest BCUT2D eigenvalue weighted by molar-refractivity contribution is -0.256. The summed E-state index contributed by atoms with van der Waals surface area (Å²) >= 11 is 0. The van der Waals surface area contributed by atoms with Gasteiger partial charge in [0, 0.05) is 39.1 Å². The number of piperazine rings is 1. The molecule has 1 aromatic rings. The van der Waals surface area contributed by atoms with Crippen molar-refractivity contribution in [2.75, 3.05) is 53.0 Å². The maximum Gasteiger partial charge on any atom is 0.160 e. The first-order valence-electron chi connectivity index (χ1n) is 10.3. The van der Waals surface area contributed by atoms with Gasteiger partial charge in [-0.15, -0.1) is 0 Å². The first kappa shape index (κ1) is 21.6. The molecule has 0 aliphatic carbocycles. The van der Waals surface area contributed by atoms with Crippen molar-refractivity contribution < 1.29 is 24.8 Å². The van der Waals surface area contributed by atoms with Crippen LogP contribution in [0.2, 0.25) is 0 Å². The van der Waals surface area contributed by atoms with Crippen LogP contribution in [-0.2, 0) is 22.3 Å². The zero-order valence-electron chi connectivity index (χ0n) is 16.7. The highest BCUT2D eigenvalue weighted by molar-refractivity contribution is 5.23. The summed E-state index contributed by atoms with van der Waals surface area (Å²) in [5.74, 6) is 0. The number of nitrogens with zero attached hydrogens (tertiary/aromatic N) is 2. The van der Waals surface area contributed by atoms with Crippen LogP contribution in [0.15, 0.2) is 24.3 Å². The minimum absolute atomic E-state index is 0.211. The number of likely N-dealkylation sites (N-methyl/N-ethyl adjacent to an activating group) is 1. The Balaban J connectivity index is 1.36. The largest absolute Gasteiger partial charge is 0.394 e. The van der Waals surface area contributed by atoms with E-state index in [0.29, 0.717) is 6.61 Å². The Morgan fingerprint density at radius 2 is 1.68 bits per heavy atom. The van der Waals surface area contributed by atoms with Crippen molar-refractivity contribution in [3.63, 3.8) is 0 Å². The topological polar surface area (TPSA) is 85.6 Å². The summed E-state index contributed by atoms with van der Waals surface area (Å²) in [6.07, 6.45) is -1.37. The second-order valence-corrected chi connectivity index (χ2v) is 7.91. The molecule has 0 bridgehead atoms. The number of aliphatic hydroxyl groups is 3. The molecular weight excluding hydrogens is 360 g/mol. The highest BCUT2D eigenvalue weighted by Crippen LogP contribution is 2.21. The van der Waals surface area contributed by atoms with Crippen LogP contribution in [-0.4, -0.2) is 103 Å². The van der Waals surface area contributed by atoms with Gasteiger partial charge in [-0.1, -0.05) is 24.3 Å². The molecule has 0 aromatic heterocycles. The van der Waals surface area contributed by atoms with E-state index in [-0.39, 0.29) is 13.0 Å². The minimum atomic E-state index is -1.07. The molecule has 3 N–H and O–H groups in total. The third-order valence-corrected chi connectivity index (χ3v) is 5.75. The van der Waals surface area contributed by atoms with Crippen LogP contribution in [0.3, 0.4) is 0 Å². The molecule has 2 aliphatic heterocycles. The molecule has 1 aromatic carbocycles. The van der Waals surface area contributed by atoms with Gasteiger partial charge in [0.1, 0.15) is 12.2 Å². The van der Waals surface area contributed by atoms with Gasteiger partial charge in [-0.05, 0) is 31.0 Å². The van der Waals surface area contributed by atoms with Crippen molar-refractivity contribution in [3.8, 4) is 0 Å². The summed E-state index contributed by atoms with van der Waals surface area (Å²) in [6.45, 7) is 5.84. The molecule has 4 atom stereocenters. The standard InChI is InChI=1S/C21H34N2O5/c1-22-9-11-23(12-10-22)8-6-16-2-4-17(5-3-16)7-13-27-20-14-18(25)21(26)19(15-24)28-20/h2-5,18-21,24-26H,6-15H2,1H3/t18-,19-,20-,21+/m1/s1. The summed E-state index contributed by atoms with van der Waals surface area (Å²) in [5.41, 5.74) is 2.54. The van der Waals surface area contributed by atoms with Crippen LogP contribution in [0.5, 0.6) is 0 Å². The van der Waals surface area contributed by atoms with Crippen molar-refractivity contribution in [2.45, 2.75) is 43.9 Å². The third-order valence-electron chi connectivity index (χ3n) is 5.75. The molecule has 2 fully saturated rings. The summed E-state index contributed by atoms with van der Waals surface area (Å²) < 4.78 is 11.2. The van der Waals surface area contributed by atoms with Gasteiger partial charge in [0.2, 0.25) is 0 Å². The SMILES string of the molecule is CN1CCN(CCc2ccc(CCO[C@H]3C[C@@H](O)[C@H](O)[C@@H](CO)O3)cc2)CC1. The Bertz CT molecular complexity index is 577. The van der Waals surface area contributed by atoms with Crippen LogP contribution < -0.4 is 0 Å². The normalized spacial score (nSPS) is 29.9. The summed E-state index contributed by atoms with van der Waals surface area (Å²) in [4.78, 5) is 4.90. The van der Waals surface area contributed by atoms with Gasteiger partial charge >= 0.3 is 0 Å². The van der Waals surface area contributed by atoms with E-state index in [9.17, 15) is 15.3 Å². The van der Waals surface area contributed by atoms with Gasteiger partial charge in [0.05, 0.1) is 19.3 Å². The van der Waals surface area contributed by atoms with E-state index >= 15 is 0 Å². The number of hydrogen-bond acceptors (Lipinski definition) is 7. The molecule has 158 valence electrons. The molecule has 2 heterocycles. The molecule has 7 heteroatoms. The highest BCUT2D eigenvalue weighted by Gasteiger charge is 2.36. The van der Waals surface area contributed by atoms with E-state index in [2.05, 4.69) is 41.1 Å². The van der Waals surface area contributed by atoms with E-state index in [1.807, 2.05) is 0 Å². The molecule has 3 rings (SSSR count). The fourth-order valence-corrected chi connectivity index (χ4v) is 3.71. The quantitative estimate of drug-likeness (QED) is 0.566. The van der Waals surface area contributed by atoms with Crippen molar-refractivity contribution >= 4 is 0 Å². The monoisotopic (exact) mass is 394 g/mol. The predicted molar refractivity (Wildman–Crippen MR) is 106 cm³/mol. The molecule has 0 radical (unpaired) electrons. The second-order valence-electron chi connectivity index (χ2n) is 7.91. The number of hydrogen-bond donors (Lipinski definition) is 3. The minimum Gasteiger partial charge on any atom is -0.394 e. The second kappa shape index (κ2) is 10.6. The van der Waals surface area contributed by atoms with Crippen molar-refractivity contribution in [1.82, 2.24) is 9.80 Å². The van der Waals surface area contributed by atoms with Crippen LogP contribution >= 0.6 is 0 Å². The van der Waals surface area contributed by atoms with Gasteiger partial charge in [-0.2, -0.15) is 0 Å². The third kappa shape index (κ3) is 6.22. The van der Waals surface area contributed by atoms with Crippen molar-refractivity contribution in [2.24, 2.45) is 0 Å². The van der Waals surface area contributed by atoms with Gasteiger partial charge in [0.25, 0.3) is 0 Å². The Kier molecular flexibility index (Phi) is 8.23. The van der Waals surface area contributed by atoms with Gasteiger partial charge in [-0.3, -0.25) is 0 Å². The first-order valence-corrected chi connectivity index (χ1v) is 10.3. The van der Waals surface area contributed by atoms with Crippen LogP contribution in [0.1, 0.15) is 17.5 Å². The Morgan fingerprint density at radius 3 is 2.32 bits per heavy atom. The Morgan fingerprint density at radius 1 is 1.04 bits per heavy atom. The van der Waals surface area contributed by atoms with E-state index in [4.69, 9.17) is 9.47 Å². The first-order chi connectivity index (χ1) is 13.5. The summed E-state index contributed by atoms with van der Waals surface area (Å²) in [5, 5.41) is 28.8. The smallest absolute Gasteiger partial charge is 0.160 e. The molecule has 7 nitrogen and oxygen atoms in total. The molecular formula is C21H34N2O5. The fraction of sp³-hybridized carbons (Fsp3) is 0.714. The van der Waals surface area contributed by atoms with Gasteiger partial charge in [-0.25, -0.2) is 0 Å². The lowest BCUT2D eigenvalue weighted by Gasteiger charge is -2.36. The average Bonchev–Trinajstić information content (AvgIpc) is 2.71. The molecule has 28 heavy (non-hydrogen) atoms. The Labute approximate surface area is 167 Å². The van der Waals surface area contributed by atoms with Gasteiger partial charge in [0.15, 0.2) is 6.29 Å². The van der Waals surface area contributed by atoms with E-state index in [1.54, 1.807) is 0 Å². The maximum atomic E-state index is 9.83. The number of benzene rings is 1. The lowest BCUT2D eigenvalue weighted by Crippen LogP contribution is -2.50. The van der Waals surface area contributed by atoms with Crippen LogP contribution in [0, 0.1) is 0 Å². The molecule has 0 unspecified atom stereocenters. The summed E-state index contributed by atoms with van der Waals surface area (Å²) in [7, 11) is 2.18. The van der Waals surface area contributed by atoms with Crippen LogP contribution in [0.4, 0.5) is 0 Å². The van der Waals surface area contributed by atoms with Crippen molar-refractivity contribution in [1.29, 1.82) is 0 Å². The molecule has 0 saturated carbocycles. The average molecular weight is 395 g/mol. The number of ether oxygens (including phenoxy) is 2. The number of rotatable bonds is 8. The Hall–Kier alpha value is -1.06. The maximum absolute atomic E-state index is 9.83. The predicted octanol–water partition coefficient (Wildman–Crippen LogP) is -0.135. The highest BCUT2D eigenvalue weighted by atomic mass is 16.7. The lowest BCUT2D eigenvalue weighted by atomic mass is 10.0. The van der Waals surface area contributed by atoms with E-state index in [1.165, 1.54) is 11.1 Å². The zero-order chi connectivity index (χ0) is 19.9. The number of aliphatic hydroxyl groups excluding tert-OH is 3.